The van der Waals surface area contributed by atoms with E-state index in [-0.39, 0.29) is 0 Å². The highest BCUT2D eigenvalue weighted by atomic mass is 16.4. The lowest BCUT2D eigenvalue weighted by Crippen LogP contribution is -2.14. The first-order chi connectivity index (χ1) is 8.19. The molecule has 92 valence electrons. The summed E-state index contributed by atoms with van der Waals surface area (Å²) in [5.74, 6) is 0.0883. The highest BCUT2D eigenvalue weighted by molar-refractivity contribution is 5.76. The lowest BCUT2D eigenvalue weighted by molar-refractivity contribution is 0.555. The first kappa shape index (κ1) is 11.7. The van der Waals surface area contributed by atoms with E-state index in [1.54, 1.807) is 0 Å². The largest absolute Gasteiger partial charge is 0.417 e. The summed E-state index contributed by atoms with van der Waals surface area (Å²) >= 11 is 0. The number of fused-ring (bicyclic) bond motifs is 1. The van der Waals surface area contributed by atoms with E-state index < -0.39 is 5.76 Å². The Kier molecular flexibility index (Phi) is 3.49. The van der Waals surface area contributed by atoms with E-state index in [0.717, 1.165) is 24.2 Å². The molecule has 0 radical (unpaired) electrons. The zero-order chi connectivity index (χ0) is 12.3. The number of nitrogens with two attached hydrogens (primary N) is 1. The van der Waals surface area contributed by atoms with Gasteiger partial charge in [-0.15, -0.1) is 0 Å². The Bertz CT molecular complexity index is 544. The molecule has 0 saturated carbocycles. The van der Waals surface area contributed by atoms with E-state index in [2.05, 4.69) is 17.2 Å². The smallest absolute Gasteiger partial charge is 0.408 e. The van der Waals surface area contributed by atoms with Crippen LogP contribution in [0.5, 0.6) is 0 Å². The Morgan fingerprint density at radius 1 is 1.53 bits per heavy atom. The number of hydrogen-bond donors (Lipinski definition) is 3. The Labute approximate surface area is 99.0 Å². The summed E-state index contributed by atoms with van der Waals surface area (Å²) in [6, 6.07) is 5.57. The molecule has 1 aromatic heterocycles. The molecule has 0 spiro atoms. The molecule has 0 aliphatic carbocycles. The van der Waals surface area contributed by atoms with Gasteiger partial charge in [0.2, 0.25) is 0 Å². The lowest BCUT2D eigenvalue weighted by Gasteiger charge is -2.10. The summed E-state index contributed by atoms with van der Waals surface area (Å²) in [5, 5.41) is 3.28. The van der Waals surface area contributed by atoms with E-state index in [1.807, 2.05) is 18.2 Å². The molecule has 2 aromatic rings. The molecule has 1 atom stereocenters. The van der Waals surface area contributed by atoms with Crippen LogP contribution in [0.15, 0.2) is 27.4 Å². The first-order valence-corrected chi connectivity index (χ1v) is 5.76. The second-order valence-electron chi connectivity index (χ2n) is 4.28. The van der Waals surface area contributed by atoms with Crippen LogP contribution in [0.1, 0.15) is 13.3 Å². The van der Waals surface area contributed by atoms with Crippen LogP contribution in [-0.4, -0.2) is 18.1 Å². The van der Waals surface area contributed by atoms with Crippen LogP contribution < -0.4 is 16.8 Å². The van der Waals surface area contributed by atoms with Gasteiger partial charge < -0.3 is 15.5 Å². The molecule has 1 aromatic carbocycles. The number of H-pyrrole nitrogens is 1. The SMILES string of the molecule is CC(CN)CCNc1ccc2[nH]c(=O)oc2c1. The summed E-state index contributed by atoms with van der Waals surface area (Å²) < 4.78 is 4.99. The molecule has 1 heterocycles. The van der Waals surface area contributed by atoms with Crippen LogP contribution in [0.4, 0.5) is 5.69 Å². The highest BCUT2D eigenvalue weighted by Crippen LogP contribution is 2.16. The van der Waals surface area contributed by atoms with Gasteiger partial charge in [0.1, 0.15) is 0 Å². The van der Waals surface area contributed by atoms with Crippen LogP contribution in [0.25, 0.3) is 11.1 Å². The Balaban J connectivity index is 2.01. The number of aromatic amines is 1. The van der Waals surface area contributed by atoms with Crippen molar-refractivity contribution in [2.24, 2.45) is 11.7 Å². The molecule has 17 heavy (non-hydrogen) atoms. The second kappa shape index (κ2) is 5.05. The molecular formula is C12H17N3O2. The number of anilines is 1. The summed E-state index contributed by atoms with van der Waals surface area (Å²) in [4.78, 5) is 13.6. The molecule has 0 bridgehead atoms. The molecule has 5 heteroatoms. The van der Waals surface area contributed by atoms with Gasteiger partial charge in [0.25, 0.3) is 0 Å². The second-order valence-corrected chi connectivity index (χ2v) is 4.28. The predicted octanol–water partition coefficient (Wildman–Crippen LogP) is 1.52. The molecule has 2 rings (SSSR count). The summed E-state index contributed by atoms with van der Waals surface area (Å²) in [5.41, 5.74) is 7.79. The molecule has 5 nitrogen and oxygen atoms in total. The third-order valence-corrected chi connectivity index (χ3v) is 2.79. The monoisotopic (exact) mass is 235 g/mol. The molecule has 0 amide bonds. The maximum Gasteiger partial charge on any atom is 0.417 e. The van der Waals surface area contributed by atoms with Crippen molar-refractivity contribution in [2.45, 2.75) is 13.3 Å². The van der Waals surface area contributed by atoms with Crippen molar-refractivity contribution in [3.63, 3.8) is 0 Å². The van der Waals surface area contributed by atoms with Gasteiger partial charge in [-0.05, 0) is 31.0 Å². The first-order valence-electron chi connectivity index (χ1n) is 5.76. The average molecular weight is 235 g/mol. The summed E-state index contributed by atoms with van der Waals surface area (Å²) in [7, 11) is 0. The molecule has 1 unspecified atom stereocenters. The Morgan fingerprint density at radius 2 is 2.35 bits per heavy atom. The Morgan fingerprint density at radius 3 is 3.12 bits per heavy atom. The fourth-order valence-corrected chi connectivity index (χ4v) is 1.64. The molecule has 0 fully saturated rings. The van der Waals surface area contributed by atoms with Crippen LogP contribution in [0.3, 0.4) is 0 Å². The van der Waals surface area contributed by atoms with Crippen molar-refractivity contribution < 1.29 is 4.42 Å². The maximum atomic E-state index is 11.0. The van der Waals surface area contributed by atoms with Crippen molar-refractivity contribution in [3.8, 4) is 0 Å². The normalized spacial score (nSPS) is 12.8. The van der Waals surface area contributed by atoms with Crippen molar-refractivity contribution in [2.75, 3.05) is 18.4 Å². The minimum atomic E-state index is -0.422. The average Bonchev–Trinajstić information content (AvgIpc) is 2.68. The fourth-order valence-electron chi connectivity index (χ4n) is 1.64. The van der Waals surface area contributed by atoms with Gasteiger partial charge in [0.15, 0.2) is 5.58 Å². The maximum absolute atomic E-state index is 11.0. The highest BCUT2D eigenvalue weighted by Gasteiger charge is 2.02. The lowest BCUT2D eigenvalue weighted by atomic mass is 10.1. The fraction of sp³-hybridized carbons (Fsp3) is 0.417. The number of benzene rings is 1. The molecule has 0 saturated heterocycles. The number of rotatable bonds is 5. The van der Waals surface area contributed by atoms with Crippen LogP contribution in [-0.2, 0) is 0 Å². The van der Waals surface area contributed by atoms with Gasteiger partial charge >= 0.3 is 5.76 Å². The van der Waals surface area contributed by atoms with Gasteiger partial charge in [-0.25, -0.2) is 4.79 Å². The number of oxazole rings is 1. The van der Waals surface area contributed by atoms with Crippen molar-refractivity contribution in [1.29, 1.82) is 0 Å². The van der Waals surface area contributed by atoms with Gasteiger partial charge in [0, 0.05) is 18.3 Å². The topological polar surface area (TPSA) is 84.0 Å². The quantitative estimate of drug-likeness (QED) is 0.733. The zero-order valence-electron chi connectivity index (χ0n) is 9.82. The van der Waals surface area contributed by atoms with Crippen molar-refractivity contribution in [1.82, 2.24) is 4.98 Å². The van der Waals surface area contributed by atoms with Crippen LogP contribution in [0, 0.1) is 5.92 Å². The summed E-state index contributed by atoms with van der Waals surface area (Å²) in [6.45, 7) is 3.68. The van der Waals surface area contributed by atoms with Gasteiger partial charge in [0.05, 0.1) is 5.52 Å². The van der Waals surface area contributed by atoms with Crippen LogP contribution in [0.2, 0.25) is 0 Å². The number of aromatic nitrogens is 1. The molecule has 4 N–H and O–H groups in total. The van der Waals surface area contributed by atoms with Crippen molar-refractivity contribution >= 4 is 16.8 Å². The van der Waals surface area contributed by atoms with Gasteiger partial charge in [-0.1, -0.05) is 6.92 Å². The predicted molar refractivity (Wildman–Crippen MR) is 68.2 cm³/mol. The molecule has 0 aliphatic heterocycles. The summed E-state index contributed by atoms with van der Waals surface area (Å²) in [6.07, 6.45) is 1.02. The number of nitrogens with one attached hydrogen (secondary N) is 2. The number of hydrogen-bond acceptors (Lipinski definition) is 4. The minimum absolute atomic E-state index is 0.422. The van der Waals surface area contributed by atoms with Crippen molar-refractivity contribution in [3.05, 3.63) is 28.7 Å². The van der Waals surface area contributed by atoms with E-state index in [9.17, 15) is 4.79 Å². The third-order valence-electron chi connectivity index (χ3n) is 2.79. The van der Waals surface area contributed by atoms with Gasteiger partial charge in [-0.2, -0.15) is 0 Å². The molecular weight excluding hydrogens is 218 g/mol. The van der Waals surface area contributed by atoms with E-state index in [4.69, 9.17) is 10.2 Å². The van der Waals surface area contributed by atoms with Crippen LogP contribution >= 0.6 is 0 Å². The van der Waals surface area contributed by atoms with E-state index in [0.29, 0.717) is 18.0 Å². The standard InChI is InChI=1S/C12H17N3O2/c1-8(7-13)4-5-14-9-2-3-10-11(6-9)17-12(16)15-10/h2-3,6,8,14H,4-5,7,13H2,1H3,(H,15,16). The van der Waals surface area contributed by atoms with E-state index in [1.165, 1.54) is 0 Å². The zero-order valence-corrected chi connectivity index (χ0v) is 9.82. The third kappa shape index (κ3) is 2.88. The van der Waals surface area contributed by atoms with E-state index >= 15 is 0 Å². The minimum Gasteiger partial charge on any atom is -0.408 e. The molecule has 0 aliphatic rings. The Hall–Kier alpha value is -1.75. The van der Waals surface area contributed by atoms with Gasteiger partial charge in [-0.3, -0.25) is 4.98 Å².